The number of nitrogens with one attached hydrogen (secondary N) is 1. The van der Waals surface area contributed by atoms with Crippen LogP contribution in [0.3, 0.4) is 0 Å². The number of aliphatic hydroxyl groups excluding tert-OH is 1. The maximum Gasteiger partial charge on any atom is 0.310 e. The predicted molar refractivity (Wildman–Crippen MR) is 72.5 cm³/mol. The molecule has 0 saturated heterocycles. The van der Waals surface area contributed by atoms with Gasteiger partial charge < -0.3 is 15.2 Å². The summed E-state index contributed by atoms with van der Waals surface area (Å²) in [4.78, 5) is 21.9. The fourth-order valence-corrected chi connectivity index (χ4v) is 1.63. The minimum atomic E-state index is -0.567. The molecule has 1 amide bonds. The van der Waals surface area contributed by atoms with Gasteiger partial charge in [0, 0.05) is 18.2 Å². The smallest absolute Gasteiger partial charge is 0.310 e. The number of nitro groups is 1. The molecular weight excluding hydrogens is 264 g/mol. The molecule has 0 aliphatic heterocycles. The summed E-state index contributed by atoms with van der Waals surface area (Å²) in [5.41, 5.74) is -0.743. The maximum absolute atomic E-state index is 11.7. The van der Waals surface area contributed by atoms with Crippen LogP contribution in [0.25, 0.3) is 0 Å². The van der Waals surface area contributed by atoms with E-state index in [1.54, 1.807) is 19.9 Å². The average molecular weight is 282 g/mol. The SMILES string of the molecule is CC(C)(CCO)NC(=O)COc1ccccc1[N+](=O)[O-]. The van der Waals surface area contributed by atoms with Gasteiger partial charge in [0.15, 0.2) is 12.4 Å². The molecule has 0 unspecified atom stereocenters. The fourth-order valence-electron chi connectivity index (χ4n) is 1.63. The number of rotatable bonds is 7. The zero-order chi connectivity index (χ0) is 15.2. The van der Waals surface area contributed by atoms with E-state index in [4.69, 9.17) is 9.84 Å². The van der Waals surface area contributed by atoms with Crippen molar-refractivity contribution in [2.45, 2.75) is 25.8 Å². The third-order valence-corrected chi connectivity index (χ3v) is 2.64. The van der Waals surface area contributed by atoms with Crippen molar-refractivity contribution in [3.8, 4) is 5.75 Å². The third kappa shape index (κ3) is 4.85. The van der Waals surface area contributed by atoms with Gasteiger partial charge in [-0.2, -0.15) is 0 Å². The molecule has 0 aliphatic carbocycles. The molecule has 0 bridgehead atoms. The van der Waals surface area contributed by atoms with E-state index in [9.17, 15) is 14.9 Å². The number of hydrogen-bond donors (Lipinski definition) is 2. The zero-order valence-corrected chi connectivity index (χ0v) is 11.5. The van der Waals surface area contributed by atoms with Gasteiger partial charge in [-0.1, -0.05) is 12.1 Å². The highest BCUT2D eigenvalue weighted by Gasteiger charge is 2.21. The number of aliphatic hydroxyl groups is 1. The highest BCUT2D eigenvalue weighted by Crippen LogP contribution is 2.25. The standard InChI is InChI=1S/C13H18N2O5/c1-13(2,7-8-16)14-12(17)9-20-11-6-4-3-5-10(11)15(18)19/h3-6,16H,7-9H2,1-2H3,(H,14,17). The lowest BCUT2D eigenvalue weighted by Crippen LogP contribution is -2.46. The van der Waals surface area contributed by atoms with E-state index in [-0.39, 0.29) is 24.7 Å². The number of ether oxygens (including phenoxy) is 1. The van der Waals surface area contributed by atoms with E-state index < -0.39 is 16.4 Å². The second-order valence-electron chi connectivity index (χ2n) is 4.92. The van der Waals surface area contributed by atoms with Crippen molar-refractivity contribution in [2.24, 2.45) is 0 Å². The van der Waals surface area contributed by atoms with Crippen molar-refractivity contribution in [3.05, 3.63) is 34.4 Å². The van der Waals surface area contributed by atoms with E-state index in [1.165, 1.54) is 18.2 Å². The van der Waals surface area contributed by atoms with Gasteiger partial charge in [0.25, 0.3) is 5.91 Å². The van der Waals surface area contributed by atoms with Crippen LogP contribution in [0.2, 0.25) is 0 Å². The van der Waals surface area contributed by atoms with Crippen LogP contribution in [0.5, 0.6) is 5.75 Å². The van der Waals surface area contributed by atoms with Crippen LogP contribution < -0.4 is 10.1 Å². The molecule has 0 radical (unpaired) electrons. The summed E-state index contributed by atoms with van der Waals surface area (Å²) in [7, 11) is 0. The summed E-state index contributed by atoms with van der Waals surface area (Å²) in [6.07, 6.45) is 0.407. The van der Waals surface area contributed by atoms with E-state index in [1.807, 2.05) is 0 Å². The van der Waals surface area contributed by atoms with Gasteiger partial charge in [-0.3, -0.25) is 14.9 Å². The van der Waals surface area contributed by atoms with Crippen molar-refractivity contribution < 1.29 is 19.6 Å². The van der Waals surface area contributed by atoms with Crippen LogP contribution >= 0.6 is 0 Å². The van der Waals surface area contributed by atoms with Crippen LogP contribution in [-0.4, -0.2) is 34.7 Å². The number of amides is 1. The Bertz CT molecular complexity index is 487. The summed E-state index contributed by atoms with van der Waals surface area (Å²) in [5, 5.41) is 22.3. The third-order valence-electron chi connectivity index (χ3n) is 2.64. The highest BCUT2D eigenvalue weighted by molar-refractivity contribution is 5.78. The van der Waals surface area contributed by atoms with E-state index in [0.717, 1.165) is 0 Å². The van der Waals surface area contributed by atoms with Crippen molar-refractivity contribution in [1.29, 1.82) is 0 Å². The van der Waals surface area contributed by atoms with Crippen LogP contribution in [0.15, 0.2) is 24.3 Å². The summed E-state index contributed by atoms with van der Waals surface area (Å²) in [5.74, 6) is -0.353. The summed E-state index contributed by atoms with van der Waals surface area (Å²) < 4.78 is 5.17. The van der Waals surface area contributed by atoms with Crippen molar-refractivity contribution in [2.75, 3.05) is 13.2 Å². The number of nitrogens with zero attached hydrogens (tertiary/aromatic N) is 1. The van der Waals surface area contributed by atoms with Gasteiger partial charge in [0.05, 0.1) is 4.92 Å². The molecule has 0 heterocycles. The van der Waals surface area contributed by atoms with Crippen LogP contribution in [0, 0.1) is 10.1 Å². The number of nitro benzene ring substituents is 1. The Morgan fingerprint density at radius 1 is 1.45 bits per heavy atom. The predicted octanol–water partition coefficient (Wildman–Crippen LogP) is 1.25. The molecule has 1 rings (SSSR count). The molecule has 0 aromatic heterocycles. The molecule has 1 aromatic rings. The van der Waals surface area contributed by atoms with E-state index in [2.05, 4.69) is 5.32 Å². The molecule has 7 heteroatoms. The lowest BCUT2D eigenvalue weighted by Gasteiger charge is -2.25. The van der Waals surface area contributed by atoms with E-state index in [0.29, 0.717) is 6.42 Å². The van der Waals surface area contributed by atoms with E-state index >= 15 is 0 Å². The largest absolute Gasteiger partial charge is 0.477 e. The van der Waals surface area contributed by atoms with Crippen molar-refractivity contribution in [1.82, 2.24) is 5.32 Å². The molecule has 110 valence electrons. The van der Waals surface area contributed by atoms with Crippen molar-refractivity contribution in [3.63, 3.8) is 0 Å². The number of carbonyl (C=O) groups excluding carboxylic acids is 1. The van der Waals surface area contributed by atoms with Gasteiger partial charge in [-0.05, 0) is 26.3 Å². The summed E-state index contributed by atoms with van der Waals surface area (Å²) >= 11 is 0. The molecule has 0 atom stereocenters. The Hall–Kier alpha value is -2.15. The van der Waals surface area contributed by atoms with Gasteiger partial charge in [-0.25, -0.2) is 0 Å². The molecule has 1 aromatic carbocycles. The average Bonchev–Trinajstić information content (AvgIpc) is 2.35. The normalized spacial score (nSPS) is 10.9. The van der Waals surface area contributed by atoms with Gasteiger partial charge in [0.2, 0.25) is 0 Å². The maximum atomic E-state index is 11.7. The first kappa shape index (κ1) is 15.9. The quantitative estimate of drug-likeness (QED) is 0.579. The van der Waals surface area contributed by atoms with Gasteiger partial charge in [-0.15, -0.1) is 0 Å². The Kier molecular flexibility index (Phi) is 5.45. The Morgan fingerprint density at radius 2 is 2.10 bits per heavy atom. The molecule has 20 heavy (non-hydrogen) atoms. The Balaban J connectivity index is 2.60. The molecule has 0 spiro atoms. The summed E-state index contributed by atoms with van der Waals surface area (Å²) in [6, 6.07) is 5.86. The Morgan fingerprint density at radius 3 is 2.70 bits per heavy atom. The number of para-hydroxylation sites is 2. The molecule has 0 saturated carbocycles. The first-order chi connectivity index (χ1) is 9.35. The zero-order valence-electron chi connectivity index (χ0n) is 11.5. The van der Waals surface area contributed by atoms with Gasteiger partial charge >= 0.3 is 5.69 Å². The lowest BCUT2D eigenvalue weighted by atomic mass is 10.0. The van der Waals surface area contributed by atoms with Crippen LogP contribution in [0.1, 0.15) is 20.3 Å². The molecular formula is C13H18N2O5. The first-order valence-corrected chi connectivity index (χ1v) is 6.14. The van der Waals surface area contributed by atoms with Gasteiger partial charge in [0.1, 0.15) is 0 Å². The molecule has 0 aliphatic rings. The molecule has 2 N–H and O–H groups in total. The molecule has 7 nitrogen and oxygen atoms in total. The summed E-state index contributed by atoms with van der Waals surface area (Å²) in [6.45, 7) is 3.18. The minimum Gasteiger partial charge on any atom is -0.477 e. The topological polar surface area (TPSA) is 102 Å². The van der Waals surface area contributed by atoms with Crippen molar-refractivity contribution >= 4 is 11.6 Å². The second kappa shape index (κ2) is 6.85. The Labute approximate surface area is 116 Å². The molecule has 0 fully saturated rings. The van der Waals surface area contributed by atoms with Crippen LogP contribution in [-0.2, 0) is 4.79 Å². The number of carbonyl (C=O) groups is 1. The number of benzene rings is 1. The lowest BCUT2D eigenvalue weighted by molar-refractivity contribution is -0.385. The second-order valence-corrected chi connectivity index (χ2v) is 4.92. The monoisotopic (exact) mass is 282 g/mol. The first-order valence-electron chi connectivity index (χ1n) is 6.14. The highest BCUT2D eigenvalue weighted by atomic mass is 16.6. The van der Waals surface area contributed by atoms with Crippen LogP contribution in [0.4, 0.5) is 5.69 Å². The minimum absolute atomic E-state index is 0.0434. The fraction of sp³-hybridized carbons (Fsp3) is 0.462. The number of hydrogen-bond acceptors (Lipinski definition) is 5.